The highest BCUT2D eigenvalue weighted by Crippen LogP contribution is 2.33. The van der Waals surface area contributed by atoms with Crippen LogP contribution in [0.5, 0.6) is 11.5 Å². The molecular weight excluding hydrogens is 286 g/mol. The van der Waals surface area contributed by atoms with Gasteiger partial charge in [-0.3, -0.25) is 0 Å². The first kappa shape index (κ1) is 18.1. The summed E-state index contributed by atoms with van der Waals surface area (Å²) in [4.78, 5) is 11.6. The average molecular weight is 311 g/mol. The standard InChI is InChI=1S/C16H25NO5/c1-16(2,3)22-15(19)17-9-8-11-6-7-13(20-4)14(21-5)12(11)10-18/h6-7,18H,8-10H2,1-5H3,(H,17,19). The quantitative estimate of drug-likeness (QED) is 0.842. The second-order valence-corrected chi connectivity index (χ2v) is 5.78. The number of rotatable bonds is 6. The minimum absolute atomic E-state index is 0.165. The van der Waals surface area contributed by atoms with Gasteiger partial charge in [0.15, 0.2) is 11.5 Å². The van der Waals surface area contributed by atoms with E-state index in [1.54, 1.807) is 13.2 Å². The molecule has 1 amide bonds. The minimum Gasteiger partial charge on any atom is -0.493 e. The molecule has 0 aliphatic carbocycles. The number of amides is 1. The molecule has 2 N–H and O–H groups in total. The zero-order valence-corrected chi connectivity index (χ0v) is 13.9. The Bertz CT molecular complexity index is 508. The van der Waals surface area contributed by atoms with Crippen molar-refractivity contribution in [3.05, 3.63) is 23.3 Å². The van der Waals surface area contributed by atoms with Crippen molar-refractivity contribution < 1.29 is 24.1 Å². The smallest absolute Gasteiger partial charge is 0.407 e. The Morgan fingerprint density at radius 2 is 1.91 bits per heavy atom. The Balaban J connectivity index is 2.72. The predicted octanol–water partition coefficient (Wildman–Crippen LogP) is 2.26. The number of benzene rings is 1. The van der Waals surface area contributed by atoms with E-state index in [1.807, 2.05) is 26.8 Å². The third kappa shape index (κ3) is 5.11. The number of carbonyl (C=O) groups is 1. The summed E-state index contributed by atoms with van der Waals surface area (Å²) in [6.45, 7) is 5.67. The fourth-order valence-electron chi connectivity index (χ4n) is 2.05. The van der Waals surface area contributed by atoms with Crippen molar-refractivity contribution in [1.29, 1.82) is 0 Å². The molecule has 0 aliphatic heterocycles. The van der Waals surface area contributed by atoms with E-state index in [0.717, 1.165) is 5.56 Å². The van der Waals surface area contributed by atoms with E-state index in [-0.39, 0.29) is 6.61 Å². The zero-order valence-electron chi connectivity index (χ0n) is 13.9. The SMILES string of the molecule is COc1ccc(CCNC(=O)OC(C)(C)C)c(CO)c1OC. The molecule has 0 radical (unpaired) electrons. The van der Waals surface area contributed by atoms with Crippen LogP contribution in [0.2, 0.25) is 0 Å². The van der Waals surface area contributed by atoms with Crippen molar-refractivity contribution >= 4 is 6.09 Å². The fourth-order valence-corrected chi connectivity index (χ4v) is 2.05. The average Bonchev–Trinajstić information content (AvgIpc) is 2.44. The van der Waals surface area contributed by atoms with Gasteiger partial charge in [-0.2, -0.15) is 0 Å². The van der Waals surface area contributed by atoms with Gasteiger partial charge in [0.2, 0.25) is 0 Å². The maximum atomic E-state index is 11.6. The lowest BCUT2D eigenvalue weighted by Crippen LogP contribution is -2.33. The van der Waals surface area contributed by atoms with Gasteiger partial charge >= 0.3 is 6.09 Å². The summed E-state index contributed by atoms with van der Waals surface area (Å²) in [6.07, 6.45) is 0.0914. The van der Waals surface area contributed by atoms with Gasteiger partial charge in [-0.05, 0) is 38.8 Å². The molecule has 6 nitrogen and oxygen atoms in total. The monoisotopic (exact) mass is 311 g/mol. The summed E-state index contributed by atoms with van der Waals surface area (Å²) in [6, 6.07) is 3.63. The largest absolute Gasteiger partial charge is 0.493 e. The lowest BCUT2D eigenvalue weighted by Gasteiger charge is -2.20. The Labute approximate surface area is 131 Å². The maximum Gasteiger partial charge on any atom is 0.407 e. The highest BCUT2D eigenvalue weighted by atomic mass is 16.6. The van der Waals surface area contributed by atoms with Crippen molar-refractivity contribution in [2.24, 2.45) is 0 Å². The first-order valence-corrected chi connectivity index (χ1v) is 7.12. The van der Waals surface area contributed by atoms with Crippen LogP contribution in [0.1, 0.15) is 31.9 Å². The molecule has 6 heteroatoms. The number of aliphatic hydroxyl groups excluding tert-OH is 1. The Morgan fingerprint density at radius 3 is 2.41 bits per heavy atom. The summed E-state index contributed by atoms with van der Waals surface area (Å²) in [5.74, 6) is 1.08. The van der Waals surface area contributed by atoms with E-state index in [1.165, 1.54) is 7.11 Å². The second-order valence-electron chi connectivity index (χ2n) is 5.78. The highest BCUT2D eigenvalue weighted by Gasteiger charge is 2.17. The molecule has 0 heterocycles. The van der Waals surface area contributed by atoms with E-state index in [9.17, 15) is 9.90 Å². The second kappa shape index (κ2) is 7.89. The van der Waals surface area contributed by atoms with Gasteiger partial charge in [-0.15, -0.1) is 0 Å². The summed E-state index contributed by atoms with van der Waals surface area (Å²) in [7, 11) is 3.07. The van der Waals surface area contributed by atoms with Gasteiger partial charge in [-0.25, -0.2) is 4.79 Å². The summed E-state index contributed by atoms with van der Waals surface area (Å²) < 4.78 is 15.7. The number of alkyl carbamates (subject to hydrolysis) is 1. The van der Waals surface area contributed by atoms with Crippen LogP contribution in [0.15, 0.2) is 12.1 Å². The summed E-state index contributed by atoms with van der Waals surface area (Å²) >= 11 is 0. The first-order valence-electron chi connectivity index (χ1n) is 7.12. The van der Waals surface area contributed by atoms with Gasteiger partial charge in [0.05, 0.1) is 20.8 Å². The molecule has 0 saturated heterocycles. The van der Waals surface area contributed by atoms with Gasteiger partial charge < -0.3 is 24.6 Å². The van der Waals surface area contributed by atoms with Gasteiger partial charge in [0.1, 0.15) is 5.60 Å². The topological polar surface area (TPSA) is 77.0 Å². The molecule has 0 bridgehead atoms. The molecule has 0 atom stereocenters. The van der Waals surface area contributed by atoms with E-state index in [2.05, 4.69) is 5.32 Å². The van der Waals surface area contributed by atoms with Crippen LogP contribution < -0.4 is 14.8 Å². The molecule has 0 saturated carbocycles. The molecule has 22 heavy (non-hydrogen) atoms. The molecule has 1 aromatic rings. The Morgan fingerprint density at radius 1 is 1.23 bits per heavy atom. The Hall–Kier alpha value is -1.95. The lowest BCUT2D eigenvalue weighted by molar-refractivity contribution is 0.0528. The third-order valence-electron chi connectivity index (χ3n) is 2.97. The zero-order chi connectivity index (χ0) is 16.8. The van der Waals surface area contributed by atoms with Gasteiger partial charge in [0.25, 0.3) is 0 Å². The summed E-state index contributed by atoms with van der Waals surface area (Å²) in [5, 5.41) is 12.3. The van der Waals surface area contributed by atoms with Crippen molar-refractivity contribution in [3.63, 3.8) is 0 Å². The predicted molar refractivity (Wildman–Crippen MR) is 83.4 cm³/mol. The van der Waals surface area contributed by atoms with Gasteiger partial charge in [0, 0.05) is 12.1 Å². The van der Waals surface area contributed by atoms with Gasteiger partial charge in [-0.1, -0.05) is 6.07 Å². The van der Waals surface area contributed by atoms with E-state index < -0.39 is 11.7 Å². The molecular formula is C16H25NO5. The maximum absolute atomic E-state index is 11.6. The number of aliphatic hydroxyl groups is 1. The number of hydrogen-bond acceptors (Lipinski definition) is 5. The number of nitrogens with one attached hydrogen (secondary N) is 1. The third-order valence-corrected chi connectivity index (χ3v) is 2.97. The fraction of sp³-hybridized carbons (Fsp3) is 0.562. The minimum atomic E-state index is -0.524. The normalized spacial score (nSPS) is 11.0. The summed E-state index contributed by atoms with van der Waals surface area (Å²) in [5.41, 5.74) is 1.02. The van der Waals surface area contributed by atoms with Crippen LogP contribution in [0.25, 0.3) is 0 Å². The van der Waals surface area contributed by atoms with Crippen molar-refractivity contribution in [3.8, 4) is 11.5 Å². The van der Waals surface area contributed by atoms with Crippen molar-refractivity contribution in [2.75, 3.05) is 20.8 Å². The molecule has 1 aromatic carbocycles. The van der Waals surface area contributed by atoms with Crippen molar-refractivity contribution in [2.45, 2.75) is 39.4 Å². The number of methoxy groups -OCH3 is 2. The van der Waals surface area contributed by atoms with E-state index >= 15 is 0 Å². The Kier molecular flexibility index (Phi) is 6.49. The molecule has 0 aromatic heterocycles. The number of hydrogen-bond donors (Lipinski definition) is 2. The molecule has 0 fully saturated rings. The van der Waals surface area contributed by atoms with Crippen molar-refractivity contribution in [1.82, 2.24) is 5.32 Å². The van der Waals surface area contributed by atoms with Crippen LogP contribution in [0.4, 0.5) is 4.79 Å². The molecule has 0 unspecified atom stereocenters. The van der Waals surface area contributed by atoms with Crippen LogP contribution >= 0.6 is 0 Å². The van der Waals surface area contributed by atoms with E-state index in [4.69, 9.17) is 14.2 Å². The van der Waals surface area contributed by atoms with Crippen LogP contribution in [-0.4, -0.2) is 37.6 Å². The highest BCUT2D eigenvalue weighted by molar-refractivity contribution is 5.67. The molecule has 0 spiro atoms. The van der Waals surface area contributed by atoms with Crippen LogP contribution in [0, 0.1) is 0 Å². The number of ether oxygens (including phenoxy) is 3. The van der Waals surface area contributed by atoms with Crippen LogP contribution in [0.3, 0.4) is 0 Å². The molecule has 1 rings (SSSR count). The lowest BCUT2D eigenvalue weighted by atomic mass is 10.0. The first-order chi connectivity index (χ1) is 10.3. The molecule has 124 valence electrons. The van der Waals surface area contributed by atoms with Crippen LogP contribution in [-0.2, 0) is 17.8 Å². The van der Waals surface area contributed by atoms with E-state index in [0.29, 0.717) is 30.0 Å². The molecule has 0 aliphatic rings. The number of carbonyl (C=O) groups excluding carboxylic acids is 1.